The normalized spacial score (nSPS) is 19.7. The molecule has 3 aromatic rings. The maximum atomic E-state index is 12.8. The van der Waals surface area contributed by atoms with Crippen LogP contribution in [0, 0.1) is 0 Å². The highest BCUT2D eigenvalue weighted by Gasteiger charge is 2.53. The molecule has 178 valence electrons. The number of pyridine rings is 1. The van der Waals surface area contributed by atoms with Gasteiger partial charge in [-0.3, -0.25) is 14.5 Å². The van der Waals surface area contributed by atoms with Crippen molar-refractivity contribution in [2.24, 2.45) is 0 Å². The van der Waals surface area contributed by atoms with Crippen molar-refractivity contribution in [1.29, 1.82) is 0 Å². The molecule has 1 aromatic carbocycles. The van der Waals surface area contributed by atoms with Gasteiger partial charge in [0.05, 0.1) is 16.0 Å². The SMILES string of the molecule is O=C(CSc1nc2ccccc2s1)N[C@@H]1C(=O)N2C(C(=O)O)=C(/C=C/C[n+]3ccccc3)CS[C@H]12. The van der Waals surface area contributed by atoms with E-state index in [-0.39, 0.29) is 17.4 Å². The molecule has 2 N–H and O–H groups in total. The fourth-order valence-electron chi connectivity index (χ4n) is 3.90. The summed E-state index contributed by atoms with van der Waals surface area (Å²) in [5.74, 6) is -1.25. The summed E-state index contributed by atoms with van der Waals surface area (Å²) in [7, 11) is 0. The fraction of sp³-hybridized carbons (Fsp3) is 0.208. The fourth-order valence-corrected chi connectivity index (χ4v) is 7.10. The second kappa shape index (κ2) is 10.2. The number of aliphatic carboxylic acids is 1. The van der Waals surface area contributed by atoms with Crippen molar-refractivity contribution in [3.63, 3.8) is 0 Å². The molecule has 5 rings (SSSR count). The molecule has 0 spiro atoms. The lowest BCUT2D eigenvalue weighted by Crippen LogP contribution is -2.70. The largest absolute Gasteiger partial charge is 0.477 e. The van der Waals surface area contributed by atoms with E-state index in [1.165, 1.54) is 39.8 Å². The number of carboxylic acids is 1. The zero-order chi connectivity index (χ0) is 24.4. The van der Waals surface area contributed by atoms with E-state index in [1.807, 2.05) is 65.5 Å². The van der Waals surface area contributed by atoms with Gasteiger partial charge in [0.25, 0.3) is 5.91 Å². The number of hydrogen-bond acceptors (Lipinski definition) is 7. The third-order valence-corrected chi connectivity index (χ3v) is 9.01. The van der Waals surface area contributed by atoms with Crippen LogP contribution >= 0.6 is 34.9 Å². The van der Waals surface area contributed by atoms with E-state index in [1.54, 1.807) is 6.08 Å². The molecule has 0 unspecified atom stereocenters. The lowest BCUT2D eigenvalue weighted by atomic mass is 10.0. The summed E-state index contributed by atoms with van der Waals surface area (Å²) in [4.78, 5) is 43.2. The minimum Gasteiger partial charge on any atom is -0.477 e. The predicted octanol–water partition coefficient (Wildman–Crippen LogP) is 2.67. The molecule has 35 heavy (non-hydrogen) atoms. The van der Waals surface area contributed by atoms with Gasteiger partial charge in [-0.05, 0) is 23.8 Å². The second-order valence-electron chi connectivity index (χ2n) is 7.84. The lowest BCUT2D eigenvalue weighted by molar-refractivity contribution is -0.687. The average Bonchev–Trinajstić information content (AvgIpc) is 3.29. The van der Waals surface area contributed by atoms with Crippen LogP contribution in [0.1, 0.15) is 0 Å². The Labute approximate surface area is 213 Å². The molecule has 2 aromatic heterocycles. The minimum atomic E-state index is -1.15. The number of thioether (sulfide) groups is 2. The molecule has 11 heteroatoms. The van der Waals surface area contributed by atoms with Crippen molar-refractivity contribution in [3.05, 3.63) is 78.3 Å². The number of aromatic nitrogens is 2. The molecular formula is C24H21N4O4S3+. The number of β-lactam (4-membered cyclic amide) rings is 1. The molecule has 2 amide bonds. The number of thiazole rings is 1. The molecule has 0 radical (unpaired) electrons. The monoisotopic (exact) mass is 525 g/mol. The number of fused-ring (bicyclic) bond motifs is 2. The Morgan fingerprint density at radius 1 is 1.23 bits per heavy atom. The number of carboxylic acid groups (broad SMARTS) is 1. The van der Waals surface area contributed by atoms with Crippen LogP contribution < -0.4 is 9.88 Å². The summed E-state index contributed by atoms with van der Waals surface area (Å²) < 4.78 is 3.80. The highest BCUT2D eigenvalue weighted by atomic mass is 32.2. The molecule has 4 heterocycles. The van der Waals surface area contributed by atoms with Crippen LogP contribution in [0.15, 0.2) is 82.6 Å². The Morgan fingerprint density at radius 2 is 2.03 bits per heavy atom. The van der Waals surface area contributed by atoms with Crippen LogP contribution in [0.4, 0.5) is 0 Å². The van der Waals surface area contributed by atoms with E-state index >= 15 is 0 Å². The first kappa shape index (κ1) is 23.6. The van der Waals surface area contributed by atoms with E-state index in [0.29, 0.717) is 17.9 Å². The summed E-state index contributed by atoms with van der Waals surface area (Å²) in [6, 6.07) is 12.8. The number of benzene rings is 1. The summed E-state index contributed by atoms with van der Waals surface area (Å²) in [6.07, 6.45) is 7.48. The number of nitrogens with one attached hydrogen (secondary N) is 1. The maximum absolute atomic E-state index is 12.8. The first-order chi connectivity index (χ1) is 17.0. The van der Waals surface area contributed by atoms with E-state index in [4.69, 9.17) is 0 Å². The summed E-state index contributed by atoms with van der Waals surface area (Å²) in [5.41, 5.74) is 1.46. The number of amides is 2. The Bertz CT molecular complexity index is 1320. The van der Waals surface area contributed by atoms with Gasteiger partial charge in [-0.25, -0.2) is 14.3 Å². The van der Waals surface area contributed by atoms with Gasteiger partial charge >= 0.3 is 5.97 Å². The van der Waals surface area contributed by atoms with Crippen molar-refractivity contribution < 1.29 is 24.1 Å². The molecule has 8 nitrogen and oxygen atoms in total. The number of nitrogens with zero attached hydrogens (tertiary/aromatic N) is 3. The van der Waals surface area contributed by atoms with Gasteiger partial charge in [0.15, 0.2) is 23.3 Å². The number of hydrogen-bond donors (Lipinski definition) is 2. The number of rotatable bonds is 8. The van der Waals surface area contributed by atoms with Gasteiger partial charge in [-0.15, -0.1) is 23.1 Å². The van der Waals surface area contributed by atoms with Crippen LogP contribution in [0.25, 0.3) is 10.2 Å². The molecule has 1 saturated heterocycles. The topological polar surface area (TPSA) is 103 Å². The standard InChI is InChI=1S/C24H20N4O4S3/c29-18(14-34-24-25-16-8-2-3-9-17(16)35-24)26-19-21(30)28-20(23(31)32)15(13-33-22(19)28)7-6-12-27-10-4-1-5-11-27/h1-11,19,22H,12-14H2,(H-,26,29,31,32)/p+1/b7-6+/t19-,22-/m1/s1. The molecule has 0 bridgehead atoms. The van der Waals surface area contributed by atoms with Gasteiger partial charge in [0.1, 0.15) is 17.1 Å². The Morgan fingerprint density at radius 3 is 2.80 bits per heavy atom. The zero-order valence-corrected chi connectivity index (χ0v) is 20.8. The van der Waals surface area contributed by atoms with Crippen molar-refractivity contribution >= 4 is 62.9 Å². The van der Waals surface area contributed by atoms with E-state index in [2.05, 4.69) is 10.3 Å². The van der Waals surface area contributed by atoms with Crippen LogP contribution in [0.3, 0.4) is 0 Å². The highest BCUT2D eigenvalue weighted by Crippen LogP contribution is 2.40. The Balaban J connectivity index is 1.21. The number of allylic oxidation sites excluding steroid dienone is 2. The lowest BCUT2D eigenvalue weighted by Gasteiger charge is -2.49. The van der Waals surface area contributed by atoms with Crippen molar-refractivity contribution in [1.82, 2.24) is 15.2 Å². The average molecular weight is 526 g/mol. The summed E-state index contributed by atoms with van der Waals surface area (Å²) in [6.45, 7) is 0.588. The first-order valence-electron chi connectivity index (χ1n) is 10.8. The third-order valence-electron chi connectivity index (χ3n) is 5.53. The predicted molar refractivity (Wildman–Crippen MR) is 136 cm³/mol. The van der Waals surface area contributed by atoms with Gasteiger partial charge < -0.3 is 10.4 Å². The smallest absolute Gasteiger partial charge is 0.352 e. The van der Waals surface area contributed by atoms with Crippen LogP contribution in [-0.4, -0.2) is 55.7 Å². The van der Waals surface area contributed by atoms with Gasteiger partial charge in [-0.2, -0.15) is 0 Å². The van der Waals surface area contributed by atoms with Gasteiger partial charge in [0.2, 0.25) is 5.91 Å². The van der Waals surface area contributed by atoms with Gasteiger partial charge in [-0.1, -0.05) is 36.0 Å². The quantitative estimate of drug-likeness (QED) is 0.265. The minimum absolute atomic E-state index is 0.0117. The second-order valence-corrected chi connectivity index (χ2v) is 11.2. The third kappa shape index (κ3) is 4.97. The highest BCUT2D eigenvalue weighted by molar-refractivity contribution is 8.01. The van der Waals surface area contributed by atoms with E-state index < -0.39 is 23.3 Å². The Kier molecular flexibility index (Phi) is 6.89. The van der Waals surface area contributed by atoms with Crippen molar-refractivity contribution in [3.8, 4) is 0 Å². The first-order valence-corrected chi connectivity index (χ1v) is 13.7. The van der Waals surface area contributed by atoms with Crippen molar-refractivity contribution in [2.75, 3.05) is 11.5 Å². The summed E-state index contributed by atoms with van der Waals surface area (Å²) in [5, 5.41) is 12.2. The van der Waals surface area contributed by atoms with Crippen LogP contribution in [-0.2, 0) is 20.9 Å². The molecule has 0 aliphatic carbocycles. The van der Waals surface area contributed by atoms with Crippen LogP contribution in [0.5, 0.6) is 0 Å². The van der Waals surface area contributed by atoms with E-state index in [0.717, 1.165) is 14.6 Å². The molecule has 1 fully saturated rings. The number of carbonyl (C=O) groups is 3. The zero-order valence-electron chi connectivity index (χ0n) is 18.4. The Hall–Kier alpha value is -3.15. The number of para-hydroxylation sites is 1. The van der Waals surface area contributed by atoms with Crippen molar-refractivity contribution in [2.45, 2.75) is 22.3 Å². The maximum Gasteiger partial charge on any atom is 0.352 e. The van der Waals surface area contributed by atoms with Gasteiger partial charge in [0, 0.05) is 17.9 Å². The molecule has 2 aliphatic rings. The summed E-state index contributed by atoms with van der Waals surface area (Å²) >= 11 is 4.30. The molecular weight excluding hydrogens is 504 g/mol. The van der Waals surface area contributed by atoms with Crippen LogP contribution in [0.2, 0.25) is 0 Å². The molecule has 2 atom stereocenters. The van der Waals surface area contributed by atoms with E-state index in [9.17, 15) is 19.5 Å². The molecule has 0 saturated carbocycles. The molecule has 2 aliphatic heterocycles. The number of carbonyl (C=O) groups excluding carboxylic acids is 2.